The number of hydrazine groups is 1. The standard InChI is InChI=1S/C15H24N4O3S/c16-18-15(20)14-6-4-13(5-7-14)12-17-23(21,22)11-3-10-19-8-1-2-9-19/h4-7,17H,1-3,8-12,16H2,(H,18,20). The highest BCUT2D eigenvalue weighted by Gasteiger charge is 2.14. The molecule has 128 valence electrons. The van der Waals surface area contributed by atoms with Crippen molar-refractivity contribution in [3.63, 3.8) is 0 Å². The molecule has 1 heterocycles. The fourth-order valence-electron chi connectivity index (χ4n) is 2.61. The first-order valence-corrected chi connectivity index (χ1v) is 9.45. The summed E-state index contributed by atoms with van der Waals surface area (Å²) in [5.74, 6) is 4.82. The number of sulfonamides is 1. The molecule has 1 amide bonds. The average molecular weight is 340 g/mol. The minimum absolute atomic E-state index is 0.136. The molecule has 2 rings (SSSR count). The molecule has 1 aromatic rings. The summed E-state index contributed by atoms with van der Waals surface area (Å²) in [4.78, 5) is 13.6. The van der Waals surface area contributed by atoms with Crippen molar-refractivity contribution in [3.05, 3.63) is 35.4 Å². The van der Waals surface area contributed by atoms with E-state index in [1.54, 1.807) is 24.3 Å². The number of carbonyl (C=O) groups is 1. The lowest BCUT2D eigenvalue weighted by Crippen LogP contribution is -2.30. The van der Waals surface area contributed by atoms with Crippen LogP contribution in [-0.2, 0) is 16.6 Å². The maximum atomic E-state index is 12.0. The van der Waals surface area contributed by atoms with Gasteiger partial charge in [0.05, 0.1) is 5.75 Å². The van der Waals surface area contributed by atoms with E-state index < -0.39 is 10.0 Å². The molecule has 0 unspecified atom stereocenters. The van der Waals surface area contributed by atoms with Crippen LogP contribution in [0.2, 0.25) is 0 Å². The molecular formula is C15H24N4O3S. The Hall–Kier alpha value is -1.48. The van der Waals surface area contributed by atoms with Crippen LogP contribution in [0.1, 0.15) is 35.2 Å². The summed E-state index contributed by atoms with van der Waals surface area (Å²) in [6.45, 7) is 3.22. The van der Waals surface area contributed by atoms with Gasteiger partial charge in [-0.15, -0.1) is 0 Å². The zero-order chi connectivity index (χ0) is 16.7. The van der Waals surface area contributed by atoms with Crippen LogP contribution in [0.4, 0.5) is 0 Å². The average Bonchev–Trinajstić information content (AvgIpc) is 3.06. The molecule has 8 heteroatoms. The Balaban J connectivity index is 1.75. The molecule has 1 aromatic carbocycles. The monoisotopic (exact) mass is 340 g/mol. The number of nitrogen functional groups attached to an aromatic ring is 1. The molecular weight excluding hydrogens is 316 g/mol. The minimum Gasteiger partial charge on any atom is -0.303 e. The van der Waals surface area contributed by atoms with E-state index in [9.17, 15) is 13.2 Å². The predicted octanol–water partition coefficient (Wildman–Crippen LogP) is 0.195. The van der Waals surface area contributed by atoms with Crippen LogP contribution < -0.4 is 16.0 Å². The van der Waals surface area contributed by atoms with Crippen LogP contribution in [0.15, 0.2) is 24.3 Å². The van der Waals surface area contributed by atoms with Gasteiger partial charge in [0, 0.05) is 12.1 Å². The van der Waals surface area contributed by atoms with E-state index in [0.717, 1.165) is 25.2 Å². The van der Waals surface area contributed by atoms with Gasteiger partial charge >= 0.3 is 0 Å². The van der Waals surface area contributed by atoms with Crippen LogP contribution in [0.5, 0.6) is 0 Å². The first-order chi connectivity index (χ1) is 11.0. The van der Waals surface area contributed by atoms with E-state index in [1.165, 1.54) is 12.8 Å². The summed E-state index contributed by atoms with van der Waals surface area (Å²) in [6.07, 6.45) is 3.07. The molecule has 7 nitrogen and oxygen atoms in total. The largest absolute Gasteiger partial charge is 0.303 e. The number of nitrogens with one attached hydrogen (secondary N) is 2. The number of amides is 1. The molecule has 4 N–H and O–H groups in total. The van der Waals surface area contributed by atoms with E-state index in [0.29, 0.717) is 12.0 Å². The minimum atomic E-state index is -3.28. The van der Waals surface area contributed by atoms with Crippen LogP contribution in [0.25, 0.3) is 0 Å². The summed E-state index contributed by atoms with van der Waals surface area (Å²) in [6, 6.07) is 6.63. The molecule has 0 atom stereocenters. The maximum absolute atomic E-state index is 12.0. The lowest BCUT2D eigenvalue weighted by atomic mass is 10.1. The van der Waals surface area contributed by atoms with Crippen LogP contribution in [0, 0.1) is 0 Å². The Morgan fingerprint density at radius 3 is 2.43 bits per heavy atom. The van der Waals surface area contributed by atoms with Gasteiger partial charge in [-0.3, -0.25) is 10.2 Å². The van der Waals surface area contributed by atoms with Crippen LogP contribution >= 0.6 is 0 Å². The normalized spacial score (nSPS) is 15.7. The third-order valence-electron chi connectivity index (χ3n) is 3.93. The lowest BCUT2D eigenvalue weighted by molar-refractivity contribution is 0.0953. The van der Waals surface area contributed by atoms with Gasteiger partial charge in [-0.1, -0.05) is 12.1 Å². The van der Waals surface area contributed by atoms with E-state index >= 15 is 0 Å². The second-order valence-electron chi connectivity index (χ2n) is 5.71. The Morgan fingerprint density at radius 2 is 1.83 bits per heavy atom. The molecule has 0 spiro atoms. The molecule has 23 heavy (non-hydrogen) atoms. The molecule has 1 aliphatic rings. The van der Waals surface area contributed by atoms with Crippen molar-refractivity contribution in [2.45, 2.75) is 25.8 Å². The molecule has 0 bridgehead atoms. The number of nitrogens with zero attached hydrogens (tertiary/aromatic N) is 1. The third-order valence-corrected chi connectivity index (χ3v) is 5.34. The highest BCUT2D eigenvalue weighted by atomic mass is 32.2. The first-order valence-electron chi connectivity index (χ1n) is 7.80. The van der Waals surface area contributed by atoms with E-state index in [-0.39, 0.29) is 18.2 Å². The summed E-state index contributed by atoms with van der Waals surface area (Å²) < 4.78 is 26.6. The molecule has 0 aliphatic carbocycles. The fraction of sp³-hybridized carbons (Fsp3) is 0.533. The highest BCUT2D eigenvalue weighted by molar-refractivity contribution is 7.89. The first kappa shape index (κ1) is 17.9. The van der Waals surface area contributed by atoms with Gasteiger partial charge in [-0.2, -0.15) is 0 Å². The van der Waals surface area contributed by atoms with Crippen molar-refractivity contribution in [3.8, 4) is 0 Å². The molecule has 0 aromatic heterocycles. The topological polar surface area (TPSA) is 105 Å². The van der Waals surface area contributed by atoms with Gasteiger partial charge in [-0.25, -0.2) is 19.0 Å². The Labute approximate surface area is 137 Å². The molecule has 0 saturated carbocycles. The van der Waals surface area contributed by atoms with Crippen molar-refractivity contribution in [1.29, 1.82) is 0 Å². The van der Waals surface area contributed by atoms with E-state index in [2.05, 4.69) is 9.62 Å². The van der Waals surface area contributed by atoms with Crippen molar-refractivity contribution in [1.82, 2.24) is 15.0 Å². The smallest absolute Gasteiger partial charge is 0.265 e. The number of benzene rings is 1. The Morgan fingerprint density at radius 1 is 1.17 bits per heavy atom. The second kappa shape index (κ2) is 8.39. The SMILES string of the molecule is NNC(=O)c1ccc(CNS(=O)(=O)CCCN2CCCC2)cc1. The van der Waals surface area contributed by atoms with Gasteiger partial charge in [-0.05, 0) is 56.6 Å². The third kappa shape index (κ3) is 5.91. The number of hydrogen-bond donors (Lipinski definition) is 3. The van der Waals surface area contributed by atoms with Crippen molar-refractivity contribution < 1.29 is 13.2 Å². The van der Waals surface area contributed by atoms with Gasteiger partial charge in [0.1, 0.15) is 0 Å². The summed E-state index contributed by atoms with van der Waals surface area (Å²) >= 11 is 0. The quantitative estimate of drug-likeness (QED) is 0.356. The van der Waals surface area contributed by atoms with Gasteiger partial charge in [0.15, 0.2) is 0 Å². The molecule has 0 radical (unpaired) electrons. The number of rotatable bonds is 8. The van der Waals surface area contributed by atoms with Crippen molar-refractivity contribution in [2.75, 3.05) is 25.4 Å². The van der Waals surface area contributed by atoms with Gasteiger partial charge in [0.2, 0.25) is 10.0 Å². The molecule has 1 aliphatic heterocycles. The van der Waals surface area contributed by atoms with E-state index in [1.807, 2.05) is 5.43 Å². The zero-order valence-corrected chi connectivity index (χ0v) is 13.9. The predicted molar refractivity (Wildman–Crippen MR) is 89.0 cm³/mol. The van der Waals surface area contributed by atoms with E-state index in [4.69, 9.17) is 5.84 Å². The second-order valence-corrected chi connectivity index (χ2v) is 7.64. The lowest BCUT2D eigenvalue weighted by Gasteiger charge is -2.14. The number of hydrogen-bond acceptors (Lipinski definition) is 5. The summed E-state index contributed by atoms with van der Waals surface area (Å²) in [5.41, 5.74) is 3.28. The summed E-state index contributed by atoms with van der Waals surface area (Å²) in [7, 11) is -3.28. The number of carbonyl (C=O) groups excluding carboxylic acids is 1. The summed E-state index contributed by atoms with van der Waals surface area (Å²) in [5, 5.41) is 0. The number of likely N-dealkylation sites (tertiary alicyclic amines) is 1. The fourth-order valence-corrected chi connectivity index (χ4v) is 3.65. The van der Waals surface area contributed by atoms with Crippen LogP contribution in [-0.4, -0.2) is 44.6 Å². The van der Waals surface area contributed by atoms with Crippen molar-refractivity contribution >= 4 is 15.9 Å². The number of nitrogens with two attached hydrogens (primary N) is 1. The van der Waals surface area contributed by atoms with Crippen LogP contribution in [0.3, 0.4) is 0 Å². The van der Waals surface area contributed by atoms with Gasteiger partial charge in [0.25, 0.3) is 5.91 Å². The highest BCUT2D eigenvalue weighted by Crippen LogP contribution is 2.08. The molecule has 1 fully saturated rings. The molecule has 1 saturated heterocycles. The van der Waals surface area contributed by atoms with Crippen molar-refractivity contribution in [2.24, 2.45) is 5.84 Å². The maximum Gasteiger partial charge on any atom is 0.265 e. The van der Waals surface area contributed by atoms with Gasteiger partial charge < -0.3 is 4.90 Å². The Kier molecular flexibility index (Phi) is 6.52. The zero-order valence-electron chi connectivity index (χ0n) is 13.1. The Bertz CT molecular complexity index is 610.